The Labute approximate surface area is 113 Å². The number of ether oxygens (including phenoxy) is 1. The fourth-order valence-corrected chi connectivity index (χ4v) is 2.30. The molecule has 1 heterocycles. The van der Waals surface area contributed by atoms with Crippen LogP contribution in [-0.2, 0) is 13.2 Å². The first kappa shape index (κ1) is 13.0. The van der Waals surface area contributed by atoms with E-state index in [9.17, 15) is 0 Å². The lowest BCUT2D eigenvalue weighted by Crippen LogP contribution is -2.05. The summed E-state index contributed by atoms with van der Waals surface area (Å²) >= 11 is 3.44. The summed E-state index contributed by atoms with van der Waals surface area (Å²) < 4.78 is 11.4. The molecule has 0 unspecified atom stereocenters. The van der Waals surface area contributed by atoms with Crippen molar-refractivity contribution in [1.29, 1.82) is 0 Å². The summed E-state index contributed by atoms with van der Waals surface area (Å²) in [7, 11) is 0. The first-order valence-corrected chi connectivity index (χ1v) is 6.31. The van der Waals surface area contributed by atoms with E-state index in [0.29, 0.717) is 18.8 Å². The topological polar surface area (TPSA) is 74.2 Å². The zero-order valence-corrected chi connectivity index (χ0v) is 11.8. The Balaban J connectivity index is 2.21. The number of hydrogen-bond acceptors (Lipinski definition) is 5. The van der Waals surface area contributed by atoms with Crippen LogP contribution in [0.4, 0.5) is 0 Å². The van der Waals surface area contributed by atoms with E-state index < -0.39 is 0 Å². The minimum atomic E-state index is 0.324. The second kappa shape index (κ2) is 5.49. The van der Waals surface area contributed by atoms with Crippen molar-refractivity contribution in [2.75, 3.05) is 0 Å². The number of halogens is 1. The van der Waals surface area contributed by atoms with Gasteiger partial charge in [-0.05, 0) is 31.5 Å². The lowest BCUT2D eigenvalue weighted by Gasteiger charge is -2.13. The van der Waals surface area contributed by atoms with Gasteiger partial charge in [0.05, 0.1) is 0 Å². The van der Waals surface area contributed by atoms with Gasteiger partial charge in [-0.25, -0.2) is 4.63 Å². The lowest BCUT2D eigenvalue weighted by molar-refractivity contribution is 0.267. The van der Waals surface area contributed by atoms with E-state index in [1.165, 1.54) is 0 Å². The normalized spacial score (nSPS) is 10.7. The molecule has 0 saturated carbocycles. The number of aryl methyl sites for hydroxylation is 2. The molecule has 0 amide bonds. The van der Waals surface area contributed by atoms with E-state index in [-0.39, 0.29) is 0 Å². The second-order valence-electron chi connectivity index (χ2n) is 4.00. The molecule has 2 rings (SSSR count). The van der Waals surface area contributed by atoms with Crippen molar-refractivity contribution >= 4 is 15.9 Å². The Morgan fingerprint density at radius 2 is 2.11 bits per heavy atom. The zero-order chi connectivity index (χ0) is 13.1. The molecule has 2 N–H and O–H groups in total. The van der Waals surface area contributed by atoms with Crippen LogP contribution in [0.15, 0.2) is 21.2 Å². The predicted octanol–water partition coefficient (Wildman–Crippen LogP) is 2.49. The van der Waals surface area contributed by atoms with Crippen molar-refractivity contribution in [3.63, 3.8) is 0 Å². The standard InChI is InChI=1S/C12H14BrN3O2/c1-7-3-10(13)4-9(5-14)12(7)17-6-11-8(2)15-18-16-11/h3-4H,5-6,14H2,1-2H3. The third-order valence-corrected chi connectivity index (χ3v) is 3.09. The molecular formula is C12H14BrN3O2. The maximum atomic E-state index is 5.78. The highest BCUT2D eigenvalue weighted by atomic mass is 79.9. The number of aromatic nitrogens is 2. The summed E-state index contributed by atoms with van der Waals surface area (Å²) in [5, 5.41) is 7.49. The number of rotatable bonds is 4. The van der Waals surface area contributed by atoms with E-state index in [2.05, 4.69) is 30.9 Å². The number of nitrogens with zero attached hydrogens (tertiary/aromatic N) is 2. The average Bonchev–Trinajstić information content (AvgIpc) is 2.73. The molecule has 0 spiro atoms. The van der Waals surface area contributed by atoms with Crippen molar-refractivity contribution < 1.29 is 9.37 Å². The monoisotopic (exact) mass is 311 g/mol. The van der Waals surface area contributed by atoms with Crippen LogP contribution < -0.4 is 10.5 Å². The summed E-state index contributed by atoms with van der Waals surface area (Å²) in [5.41, 5.74) is 9.13. The van der Waals surface area contributed by atoms with Crippen molar-refractivity contribution in [1.82, 2.24) is 10.3 Å². The maximum absolute atomic E-state index is 5.78. The molecule has 18 heavy (non-hydrogen) atoms. The third-order valence-electron chi connectivity index (χ3n) is 2.64. The maximum Gasteiger partial charge on any atom is 0.145 e. The Hall–Kier alpha value is -1.40. The first-order chi connectivity index (χ1) is 8.61. The van der Waals surface area contributed by atoms with Gasteiger partial charge in [0.1, 0.15) is 23.7 Å². The third kappa shape index (κ3) is 2.70. The van der Waals surface area contributed by atoms with Gasteiger partial charge in [-0.2, -0.15) is 0 Å². The number of hydrogen-bond donors (Lipinski definition) is 1. The summed E-state index contributed by atoms with van der Waals surface area (Å²) in [4.78, 5) is 0. The summed E-state index contributed by atoms with van der Waals surface area (Å²) in [6.07, 6.45) is 0. The van der Waals surface area contributed by atoms with Crippen LogP contribution in [0, 0.1) is 13.8 Å². The van der Waals surface area contributed by atoms with Crippen molar-refractivity contribution in [2.45, 2.75) is 27.0 Å². The molecule has 0 saturated heterocycles. The average molecular weight is 312 g/mol. The van der Waals surface area contributed by atoms with Gasteiger partial charge in [-0.3, -0.25) is 0 Å². The van der Waals surface area contributed by atoms with Gasteiger partial charge in [-0.1, -0.05) is 26.2 Å². The van der Waals surface area contributed by atoms with Gasteiger partial charge < -0.3 is 10.5 Å². The zero-order valence-electron chi connectivity index (χ0n) is 10.2. The van der Waals surface area contributed by atoms with Crippen molar-refractivity contribution in [3.8, 4) is 5.75 Å². The SMILES string of the molecule is Cc1cc(Br)cc(CN)c1OCc1nonc1C. The number of nitrogens with two attached hydrogens (primary N) is 1. The summed E-state index contributed by atoms with van der Waals surface area (Å²) in [6.45, 7) is 4.55. The molecule has 6 heteroatoms. The smallest absolute Gasteiger partial charge is 0.145 e. The highest BCUT2D eigenvalue weighted by Gasteiger charge is 2.11. The molecule has 0 bridgehead atoms. The lowest BCUT2D eigenvalue weighted by atomic mass is 10.1. The molecule has 0 aliphatic rings. The highest BCUT2D eigenvalue weighted by Crippen LogP contribution is 2.28. The Bertz CT molecular complexity index is 554. The fraction of sp³-hybridized carbons (Fsp3) is 0.333. The largest absolute Gasteiger partial charge is 0.486 e. The fourth-order valence-electron chi connectivity index (χ4n) is 1.68. The number of benzene rings is 1. The quantitative estimate of drug-likeness (QED) is 0.939. The van der Waals surface area contributed by atoms with E-state index in [0.717, 1.165) is 27.0 Å². The molecule has 96 valence electrons. The van der Waals surface area contributed by atoms with E-state index >= 15 is 0 Å². The van der Waals surface area contributed by atoms with Gasteiger partial charge in [0.25, 0.3) is 0 Å². The molecule has 0 radical (unpaired) electrons. The van der Waals surface area contributed by atoms with Crippen LogP contribution in [0.2, 0.25) is 0 Å². The molecule has 1 aromatic carbocycles. The van der Waals surface area contributed by atoms with Gasteiger partial charge >= 0.3 is 0 Å². The van der Waals surface area contributed by atoms with Crippen LogP contribution in [0.25, 0.3) is 0 Å². The first-order valence-electron chi connectivity index (χ1n) is 5.51. The van der Waals surface area contributed by atoms with Crippen LogP contribution in [0.1, 0.15) is 22.5 Å². The van der Waals surface area contributed by atoms with Crippen LogP contribution >= 0.6 is 15.9 Å². The minimum absolute atomic E-state index is 0.324. The molecule has 1 aromatic heterocycles. The van der Waals surface area contributed by atoms with Gasteiger partial charge in [0.15, 0.2) is 0 Å². The van der Waals surface area contributed by atoms with E-state index in [1.54, 1.807) is 0 Å². The summed E-state index contributed by atoms with van der Waals surface area (Å²) in [6, 6.07) is 3.94. The summed E-state index contributed by atoms with van der Waals surface area (Å²) in [5.74, 6) is 0.795. The Morgan fingerprint density at radius 3 is 2.72 bits per heavy atom. The molecule has 0 atom stereocenters. The Kier molecular flexibility index (Phi) is 3.98. The minimum Gasteiger partial charge on any atom is -0.486 e. The van der Waals surface area contributed by atoms with Crippen molar-refractivity contribution in [3.05, 3.63) is 39.1 Å². The van der Waals surface area contributed by atoms with Gasteiger partial charge in [0, 0.05) is 16.6 Å². The molecule has 2 aromatic rings. The van der Waals surface area contributed by atoms with Crippen LogP contribution in [0.3, 0.4) is 0 Å². The second-order valence-corrected chi connectivity index (χ2v) is 4.92. The molecular weight excluding hydrogens is 298 g/mol. The molecule has 0 aliphatic heterocycles. The van der Waals surface area contributed by atoms with E-state index in [1.807, 2.05) is 26.0 Å². The predicted molar refractivity (Wildman–Crippen MR) is 70.1 cm³/mol. The van der Waals surface area contributed by atoms with Crippen LogP contribution in [-0.4, -0.2) is 10.3 Å². The van der Waals surface area contributed by atoms with Gasteiger partial charge in [-0.15, -0.1) is 0 Å². The van der Waals surface area contributed by atoms with Crippen molar-refractivity contribution in [2.24, 2.45) is 5.73 Å². The molecule has 0 fully saturated rings. The van der Waals surface area contributed by atoms with E-state index in [4.69, 9.17) is 10.5 Å². The molecule has 0 aliphatic carbocycles. The highest BCUT2D eigenvalue weighted by molar-refractivity contribution is 9.10. The Morgan fingerprint density at radius 1 is 1.33 bits per heavy atom. The van der Waals surface area contributed by atoms with Gasteiger partial charge in [0.2, 0.25) is 0 Å². The molecule has 5 nitrogen and oxygen atoms in total. The van der Waals surface area contributed by atoms with Crippen LogP contribution in [0.5, 0.6) is 5.75 Å².